The molecule has 8 rings (SSSR count). The van der Waals surface area contributed by atoms with Crippen molar-refractivity contribution in [3.63, 3.8) is 0 Å². The first-order chi connectivity index (χ1) is 18.6. The largest absolute Gasteiger partial charge is 0.0619 e. The van der Waals surface area contributed by atoms with E-state index in [-0.39, 0.29) is 5.41 Å². The summed E-state index contributed by atoms with van der Waals surface area (Å²) in [4.78, 5) is 0. The molecular formula is C38H28. The van der Waals surface area contributed by atoms with Crippen molar-refractivity contribution in [3.05, 3.63) is 144 Å². The first-order valence-corrected chi connectivity index (χ1v) is 13.6. The number of hydrogen-bond acceptors (Lipinski definition) is 0. The Hall–Kier alpha value is -4.42. The van der Waals surface area contributed by atoms with Gasteiger partial charge in [0, 0.05) is 5.41 Å². The number of fused-ring (bicyclic) bond motifs is 6. The number of rotatable bonds is 3. The minimum absolute atomic E-state index is 0.0236. The summed E-state index contributed by atoms with van der Waals surface area (Å²) in [7, 11) is 0. The van der Waals surface area contributed by atoms with Crippen molar-refractivity contribution >= 4 is 10.8 Å². The van der Waals surface area contributed by atoms with E-state index in [9.17, 15) is 0 Å². The second-order valence-electron chi connectivity index (χ2n) is 11.4. The smallest absolute Gasteiger partial charge is 0.0159 e. The molecule has 6 aromatic carbocycles. The van der Waals surface area contributed by atoms with Gasteiger partial charge in [0.15, 0.2) is 0 Å². The Bertz CT molecular complexity index is 1900. The zero-order valence-electron chi connectivity index (χ0n) is 21.8. The molecule has 0 bridgehead atoms. The highest BCUT2D eigenvalue weighted by atomic mass is 14.4. The summed E-state index contributed by atoms with van der Waals surface area (Å²) < 4.78 is 0. The Kier molecular flexibility index (Phi) is 4.44. The molecule has 0 heteroatoms. The fourth-order valence-electron chi connectivity index (χ4n) is 6.96. The van der Waals surface area contributed by atoms with Gasteiger partial charge in [-0.25, -0.2) is 0 Å². The van der Waals surface area contributed by atoms with Crippen molar-refractivity contribution in [1.29, 1.82) is 0 Å². The van der Waals surface area contributed by atoms with Crippen molar-refractivity contribution in [2.45, 2.75) is 25.7 Å². The van der Waals surface area contributed by atoms with Crippen molar-refractivity contribution < 1.29 is 0 Å². The summed E-state index contributed by atoms with van der Waals surface area (Å²) in [6.45, 7) is 4.70. The van der Waals surface area contributed by atoms with Crippen LogP contribution >= 0.6 is 0 Å². The van der Waals surface area contributed by atoms with Crippen LogP contribution in [0.15, 0.2) is 121 Å². The second-order valence-corrected chi connectivity index (χ2v) is 11.4. The van der Waals surface area contributed by atoms with Gasteiger partial charge in [-0.05, 0) is 90.0 Å². The molecule has 0 saturated heterocycles. The molecule has 0 unspecified atom stereocenters. The van der Waals surface area contributed by atoms with Gasteiger partial charge < -0.3 is 0 Å². The van der Waals surface area contributed by atoms with Crippen LogP contribution in [0.5, 0.6) is 0 Å². The van der Waals surface area contributed by atoms with Gasteiger partial charge in [0.2, 0.25) is 0 Å². The van der Waals surface area contributed by atoms with E-state index in [1.165, 1.54) is 77.5 Å². The molecule has 0 saturated carbocycles. The second kappa shape index (κ2) is 7.79. The summed E-state index contributed by atoms with van der Waals surface area (Å²) in [6.07, 6.45) is 0.931. The Labute approximate surface area is 224 Å². The molecule has 2 aliphatic rings. The standard InChI is InChI=1S/C38H28/c1-38(2)34-13-6-5-10-30(34)31-21-20-27(23-35(31)38)25-16-14-24(15-17-25)22-28-19-18-26-8-7-12-33-29-9-3-4-11-32(29)37(28)36(26)33/h3-21,23H,22H2,1-2H3. The Morgan fingerprint density at radius 1 is 0.500 bits per heavy atom. The maximum Gasteiger partial charge on any atom is 0.0159 e. The highest BCUT2D eigenvalue weighted by Gasteiger charge is 2.35. The van der Waals surface area contributed by atoms with E-state index in [0.29, 0.717) is 0 Å². The summed E-state index contributed by atoms with van der Waals surface area (Å²) in [6, 6.07) is 45.3. The van der Waals surface area contributed by atoms with E-state index in [0.717, 1.165) is 6.42 Å². The fraction of sp³-hybridized carbons (Fsp3) is 0.105. The van der Waals surface area contributed by atoms with Crippen LogP contribution in [0.25, 0.3) is 55.3 Å². The van der Waals surface area contributed by atoms with Gasteiger partial charge in [0.1, 0.15) is 0 Å². The van der Waals surface area contributed by atoms with E-state index >= 15 is 0 Å². The first kappa shape index (κ1) is 21.6. The summed E-state index contributed by atoms with van der Waals surface area (Å²) >= 11 is 0. The molecule has 0 heterocycles. The van der Waals surface area contributed by atoms with Crippen molar-refractivity contribution in [1.82, 2.24) is 0 Å². The molecule has 0 spiro atoms. The highest BCUT2D eigenvalue weighted by molar-refractivity contribution is 6.16. The van der Waals surface area contributed by atoms with Gasteiger partial charge in [0.05, 0.1) is 0 Å². The fourth-order valence-corrected chi connectivity index (χ4v) is 6.96. The molecule has 0 radical (unpaired) electrons. The third-order valence-corrected chi connectivity index (χ3v) is 8.88. The van der Waals surface area contributed by atoms with Gasteiger partial charge in [-0.1, -0.05) is 129 Å². The molecule has 0 nitrogen and oxygen atoms in total. The topological polar surface area (TPSA) is 0 Å². The van der Waals surface area contributed by atoms with Gasteiger partial charge >= 0.3 is 0 Å². The van der Waals surface area contributed by atoms with Crippen LogP contribution in [-0.4, -0.2) is 0 Å². The average Bonchev–Trinajstić information content (AvgIpc) is 3.42. The zero-order chi connectivity index (χ0) is 25.4. The molecule has 0 N–H and O–H groups in total. The molecular weight excluding hydrogens is 456 g/mol. The molecule has 0 aromatic heterocycles. The predicted octanol–water partition coefficient (Wildman–Crippen LogP) is 10.1. The summed E-state index contributed by atoms with van der Waals surface area (Å²) in [5, 5.41) is 2.74. The predicted molar refractivity (Wildman–Crippen MR) is 161 cm³/mol. The third-order valence-electron chi connectivity index (χ3n) is 8.88. The zero-order valence-corrected chi connectivity index (χ0v) is 21.8. The van der Waals surface area contributed by atoms with Crippen molar-refractivity contribution in [2.75, 3.05) is 0 Å². The molecule has 2 aliphatic carbocycles. The minimum Gasteiger partial charge on any atom is -0.0619 e. The SMILES string of the molecule is CC1(C)c2ccccc2-c2ccc(-c3ccc(Cc4ccc5cccc6c5c4-c4ccccc4-6)cc3)cc21. The van der Waals surface area contributed by atoms with Crippen molar-refractivity contribution in [2.24, 2.45) is 0 Å². The van der Waals surface area contributed by atoms with Crippen molar-refractivity contribution in [3.8, 4) is 44.5 Å². The van der Waals surface area contributed by atoms with Gasteiger partial charge in [-0.15, -0.1) is 0 Å². The monoisotopic (exact) mass is 484 g/mol. The molecule has 0 atom stereocenters. The lowest BCUT2D eigenvalue weighted by Crippen LogP contribution is -2.14. The van der Waals surface area contributed by atoms with E-state index < -0.39 is 0 Å². The molecule has 0 aliphatic heterocycles. The first-order valence-electron chi connectivity index (χ1n) is 13.6. The van der Waals surface area contributed by atoms with E-state index in [2.05, 4.69) is 135 Å². The maximum absolute atomic E-state index is 2.41. The third kappa shape index (κ3) is 2.98. The Balaban J connectivity index is 1.15. The molecule has 0 fully saturated rings. The van der Waals surface area contributed by atoms with E-state index in [4.69, 9.17) is 0 Å². The van der Waals surface area contributed by atoms with Crippen LogP contribution in [0.2, 0.25) is 0 Å². The number of benzene rings is 6. The van der Waals surface area contributed by atoms with Gasteiger partial charge in [-0.2, -0.15) is 0 Å². The maximum atomic E-state index is 2.41. The van der Waals surface area contributed by atoms with E-state index in [1.807, 2.05) is 0 Å². The van der Waals surface area contributed by atoms with Gasteiger partial charge in [0.25, 0.3) is 0 Å². The summed E-state index contributed by atoms with van der Waals surface area (Å²) in [5.41, 5.74) is 16.5. The average molecular weight is 485 g/mol. The molecule has 6 aromatic rings. The van der Waals surface area contributed by atoms with Crippen LogP contribution in [0.3, 0.4) is 0 Å². The molecule has 38 heavy (non-hydrogen) atoms. The lowest BCUT2D eigenvalue weighted by molar-refractivity contribution is 0.660. The van der Waals surface area contributed by atoms with E-state index in [1.54, 1.807) is 0 Å². The normalized spacial score (nSPS) is 13.8. The van der Waals surface area contributed by atoms with Crippen LogP contribution in [0.1, 0.15) is 36.1 Å². The quantitative estimate of drug-likeness (QED) is 0.234. The van der Waals surface area contributed by atoms with Crippen LogP contribution in [0, 0.1) is 0 Å². The lowest BCUT2D eigenvalue weighted by atomic mass is 9.81. The Morgan fingerprint density at radius 3 is 2.03 bits per heavy atom. The Morgan fingerprint density at radius 2 is 1.18 bits per heavy atom. The highest BCUT2D eigenvalue weighted by Crippen LogP contribution is 2.50. The summed E-state index contributed by atoms with van der Waals surface area (Å²) in [5.74, 6) is 0. The number of hydrogen-bond donors (Lipinski definition) is 0. The minimum atomic E-state index is 0.0236. The molecule has 180 valence electrons. The molecule has 0 amide bonds. The van der Waals surface area contributed by atoms with Crippen LogP contribution < -0.4 is 0 Å². The lowest BCUT2D eigenvalue weighted by Gasteiger charge is -2.22. The van der Waals surface area contributed by atoms with Crippen LogP contribution in [0.4, 0.5) is 0 Å². The van der Waals surface area contributed by atoms with Gasteiger partial charge in [-0.3, -0.25) is 0 Å². The van der Waals surface area contributed by atoms with Crippen LogP contribution in [-0.2, 0) is 11.8 Å².